The molecule has 5 nitrogen and oxygen atoms in total. The lowest BCUT2D eigenvalue weighted by atomic mass is 10.2. The predicted octanol–water partition coefficient (Wildman–Crippen LogP) is 6.11. The standard InChI is InChI=1S/C16H10BrCl4N3O2S/c17-10-8-24(7-9-3-1-2-4-11(9)18)22-16(10)23-27(25,26)15-6-13(20)12(19)5-14(15)21/h1-6,8H,7H2,(H,22,23). The third-order valence-electron chi connectivity index (χ3n) is 3.50. The van der Waals surface area contributed by atoms with Crippen LogP contribution in [0.15, 0.2) is 52.0 Å². The SMILES string of the molecule is O=S(=O)(Nc1nn(Cc2ccccc2Cl)cc1Br)c1cc(Cl)c(Cl)cc1Cl. The summed E-state index contributed by atoms with van der Waals surface area (Å²) >= 11 is 27.2. The molecule has 0 atom stereocenters. The second-order valence-corrected chi connectivity index (χ2v) is 9.55. The average molecular weight is 530 g/mol. The predicted molar refractivity (Wildman–Crippen MR) is 113 cm³/mol. The van der Waals surface area contributed by atoms with Crippen LogP contribution in [0.4, 0.5) is 5.82 Å². The van der Waals surface area contributed by atoms with Crippen LogP contribution in [0, 0.1) is 0 Å². The van der Waals surface area contributed by atoms with E-state index in [1.165, 1.54) is 12.1 Å². The Hall–Kier alpha value is -0.960. The fourth-order valence-corrected chi connectivity index (χ4v) is 5.00. The molecule has 27 heavy (non-hydrogen) atoms. The topological polar surface area (TPSA) is 64.0 Å². The maximum absolute atomic E-state index is 12.7. The molecule has 1 N–H and O–H groups in total. The van der Waals surface area contributed by atoms with Gasteiger partial charge in [0.25, 0.3) is 10.0 Å². The zero-order chi connectivity index (χ0) is 19.8. The van der Waals surface area contributed by atoms with E-state index in [0.717, 1.165) is 5.56 Å². The highest BCUT2D eigenvalue weighted by Crippen LogP contribution is 2.33. The number of aromatic nitrogens is 2. The van der Waals surface area contributed by atoms with Gasteiger partial charge in [-0.05, 0) is 39.7 Å². The summed E-state index contributed by atoms with van der Waals surface area (Å²) < 4.78 is 29.7. The number of rotatable bonds is 5. The van der Waals surface area contributed by atoms with Crippen LogP contribution >= 0.6 is 62.3 Å². The maximum Gasteiger partial charge on any atom is 0.264 e. The van der Waals surface area contributed by atoms with E-state index in [9.17, 15) is 8.42 Å². The summed E-state index contributed by atoms with van der Waals surface area (Å²) in [6.07, 6.45) is 1.64. The molecule has 1 aromatic heterocycles. The van der Waals surface area contributed by atoms with Crippen LogP contribution < -0.4 is 4.72 Å². The van der Waals surface area contributed by atoms with E-state index in [1.54, 1.807) is 16.9 Å². The van der Waals surface area contributed by atoms with Crippen LogP contribution in [-0.4, -0.2) is 18.2 Å². The molecule has 2 aromatic carbocycles. The van der Waals surface area contributed by atoms with Gasteiger partial charge in [-0.15, -0.1) is 0 Å². The second-order valence-electron chi connectivity index (χ2n) is 5.42. The Bertz CT molecular complexity index is 1120. The maximum atomic E-state index is 12.7. The Morgan fingerprint density at radius 2 is 1.67 bits per heavy atom. The molecule has 0 saturated heterocycles. The number of nitrogens with zero attached hydrogens (tertiary/aromatic N) is 2. The number of hydrogen-bond acceptors (Lipinski definition) is 3. The molecule has 11 heteroatoms. The number of anilines is 1. The zero-order valence-electron chi connectivity index (χ0n) is 13.3. The van der Waals surface area contributed by atoms with Gasteiger partial charge in [-0.2, -0.15) is 5.10 Å². The molecule has 0 radical (unpaired) electrons. The number of halogens is 5. The van der Waals surface area contributed by atoms with Crippen molar-refractivity contribution in [2.24, 2.45) is 0 Å². The van der Waals surface area contributed by atoms with Crippen molar-refractivity contribution in [1.82, 2.24) is 9.78 Å². The smallest absolute Gasteiger partial charge is 0.264 e. The normalized spacial score (nSPS) is 11.6. The Balaban J connectivity index is 1.89. The van der Waals surface area contributed by atoms with Gasteiger partial charge >= 0.3 is 0 Å². The fraction of sp³-hybridized carbons (Fsp3) is 0.0625. The van der Waals surface area contributed by atoms with Gasteiger partial charge in [-0.3, -0.25) is 9.40 Å². The van der Waals surface area contributed by atoms with Crippen molar-refractivity contribution in [2.75, 3.05) is 4.72 Å². The molecule has 0 aliphatic rings. The van der Waals surface area contributed by atoms with Crippen LogP contribution in [0.3, 0.4) is 0 Å². The molecule has 0 fully saturated rings. The molecule has 0 aliphatic heterocycles. The first-order valence-electron chi connectivity index (χ1n) is 7.31. The third kappa shape index (κ3) is 4.72. The van der Waals surface area contributed by atoms with Gasteiger partial charge in [0.1, 0.15) is 4.90 Å². The Labute approximate surface area is 184 Å². The van der Waals surface area contributed by atoms with Gasteiger partial charge in [0.15, 0.2) is 5.82 Å². The quantitative estimate of drug-likeness (QED) is 0.406. The second kappa shape index (κ2) is 8.19. The summed E-state index contributed by atoms with van der Waals surface area (Å²) in [6.45, 7) is 0.369. The number of nitrogens with one attached hydrogen (secondary N) is 1. The third-order valence-corrected chi connectivity index (χ3v) is 6.98. The summed E-state index contributed by atoms with van der Waals surface area (Å²) in [7, 11) is -4.03. The minimum atomic E-state index is -4.03. The summed E-state index contributed by atoms with van der Waals surface area (Å²) in [5, 5.41) is 5.02. The van der Waals surface area contributed by atoms with Gasteiger partial charge < -0.3 is 0 Å². The molecule has 0 spiro atoms. The van der Waals surface area contributed by atoms with Gasteiger partial charge in [-0.25, -0.2) is 8.42 Å². The Morgan fingerprint density at radius 1 is 1.00 bits per heavy atom. The largest absolute Gasteiger partial charge is 0.265 e. The fourth-order valence-electron chi connectivity index (χ4n) is 2.24. The van der Waals surface area contributed by atoms with E-state index in [1.807, 2.05) is 18.2 Å². The van der Waals surface area contributed by atoms with Crippen molar-refractivity contribution < 1.29 is 8.42 Å². The number of sulfonamides is 1. The van der Waals surface area contributed by atoms with Crippen LogP contribution in [-0.2, 0) is 16.6 Å². The van der Waals surface area contributed by atoms with Crippen molar-refractivity contribution in [1.29, 1.82) is 0 Å². The van der Waals surface area contributed by atoms with Crippen molar-refractivity contribution in [3.8, 4) is 0 Å². The van der Waals surface area contributed by atoms with Crippen LogP contribution in [0.2, 0.25) is 20.1 Å². The van der Waals surface area contributed by atoms with E-state index >= 15 is 0 Å². The lowest BCUT2D eigenvalue weighted by Gasteiger charge is -2.09. The number of hydrogen-bond donors (Lipinski definition) is 1. The summed E-state index contributed by atoms with van der Waals surface area (Å²) in [5.41, 5.74) is 0.844. The van der Waals surface area contributed by atoms with Crippen LogP contribution in [0.1, 0.15) is 5.56 Å². The van der Waals surface area contributed by atoms with Gasteiger partial charge in [0.05, 0.1) is 26.1 Å². The highest BCUT2D eigenvalue weighted by Gasteiger charge is 2.22. The summed E-state index contributed by atoms with van der Waals surface area (Å²) in [4.78, 5) is -0.203. The molecule has 0 unspecified atom stereocenters. The van der Waals surface area contributed by atoms with E-state index in [4.69, 9.17) is 46.4 Å². The van der Waals surface area contributed by atoms with Gasteiger partial charge in [0, 0.05) is 11.2 Å². The molecular formula is C16H10BrCl4N3O2S. The molecular weight excluding hydrogens is 520 g/mol. The first-order chi connectivity index (χ1) is 12.7. The molecule has 142 valence electrons. The van der Waals surface area contributed by atoms with E-state index < -0.39 is 10.0 Å². The van der Waals surface area contributed by atoms with E-state index in [0.29, 0.717) is 16.0 Å². The lowest BCUT2D eigenvalue weighted by Crippen LogP contribution is -2.14. The molecule has 3 rings (SSSR count). The first kappa shape index (κ1) is 20.8. The molecule has 3 aromatic rings. The molecule has 0 bridgehead atoms. The highest BCUT2D eigenvalue weighted by molar-refractivity contribution is 9.10. The van der Waals surface area contributed by atoms with E-state index in [2.05, 4.69) is 25.8 Å². The lowest BCUT2D eigenvalue weighted by molar-refractivity contribution is 0.600. The van der Waals surface area contributed by atoms with Crippen LogP contribution in [0.25, 0.3) is 0 Å². The van der Waals surface area contributed by atoms with Gasteiger partial charge in [0.2, 0.25) is 0 Å². The molecule has 0 amide bonds. The van der Waals surface area contributed by atoms with Crippen molar-refractivity contribution in [3.05, 3.63) is 72.7 Å². The first-order valence-corrected chi connectivity index (χ1v) is 11.1. The zero-order valence-corrected chi connectivity index (χ0v) is 18.7. The van der Waals surface area contributed by atoms with Crippen molar-refractivity contribution >= 4 is 78.2 Å². The number of benzene rings is 2. The summed E-state index contributed by atoms with van der Waals surface area (Å²) in [6, 6.07) is 9.76. The Morgan fingerprint density at radius 3 is 2.37 bits per heavy atom. The molecule has 1 heterocycles. The monoisotopic (exact) mass is 527 g/mol. The van der Waals surface area contributed by atoms with Gasteiger partial charge in [-0.1, -0.05) is 64.6 Å². The molecule has 0 saturated carbocycles. The van der Waals surface area contributed by atoms with Crippen LogP contribution in [0.5, 0.6) is 0 Å². The highest BCUT2D eigenvalue weighted by atomic mass is 79.9. The minimum absolute atomic E-state index is 0.0523. The average Bonchev–Trinajstić information content (AvgIpc) is 2.91. The van der Waals surface area contributed by atoms with E-state index in [-0.39, 0.29) is 25.8 Å². The Kier molecular flexibility index (Phi) is 6.30. The van der Waals surface area contributed by atoms with Crippen molar-refractivity contribution in [2.45, 2.75) is 11.4 Å². The van der Waals surface area contributed by atoms with Crippen molar-refractivity contribution in [3.63, 3.8) is 0 Å². The summed E-state index contributed by atoms with van der Waals surface area (Å²) in [5.74, 6) is 0.101. The minimum Gasteiger partial charge on any atom is -0.265 e. The molecule has 0 aliphatic carbocycles.